The zero-order chi connectivity index (χ0) is 28.1. The Morgan fingerprint density at radius 2 is 0.590 bits per heavy atom. The molecule has 1 rings (SSSR count). The highest BCUT2D eigenvalue weighted by atomic mass is 15.4. The van der Waals surface area contributed by atoms with Crippen molar-refractivity contribution in [2.75, 3.05) is 13.1 Å². The highest BCUT2D eigenvalue weighted by molar-refractivity contribution is 4.97. The molecule has 2 nitrogen and oxygen atoms in total. The highest BCUT2D eigenvalue weighted by Gasteiger charge is 2.24. The van der Waals surface area contributed by atoms with E-state index in [1.165, 1.54) is 199 Å². The van der Waals surface area contributed by atoms with Gasteiger partial charge in [0, 0.05) is 25.5 Å². The average Bonchev–Trinajstić information content (AvgIpc) is 3.33. The predicted molar refractivity (Wildman–Crippen MR) is 177 cm³/mol. The minimum Gasteiger partial charge on any atom is -0.356 e. The molecule has 0 fully saturated rings. The minimum absolute atomic E-state index is 0.641. The van der Waals surface area contributed by atoms with Crippen LogP contribution in [0, 0.1) is 0 Å². The summed E-state index contributed by atoms with van der Waals surface area (Å²) in [5.41, 5.74) is 0. The molecule has 39 heavy (non-hydrogen) atoms. The van der Waals surface area contributed by atoms with Gasteiger partial charge in [-0.3, -0.25) is 0 Å². The first-order valence-corrected chi connectivity index (χ1v) is 18.5. The fraction of sp³-hybridized carbons (Fsp3) is 0.946. The molecule has 1 atom stereocenters. The molecule has 0 aromatic heterocycles. The molecule has 0 aliphatic carbocycles. The third-order valence-corrected chi connectivity index (χ3v) is 9.07. The molecule has 1 heterocycles. The summed E-state index contributed by atoms with van der Waals surface area (Å²) in [6.45, 7) is 9.47. The smallest absolute Gasteiger partial charge is 0.101 e. The second-order valence-electron chi connectivity index (χ2n) is 12.9. The van der Waals surface area contributed by atoms with Crippen LogP contribution in [-0.2, 0) is 0 Å². The Balaban J connectivity index is 2.23. The molecule has 0 amide bonds. The number of hydrogen-bond acceptors (Lipinski definition) is 2. The van der Waals surface area contributed by atoms with E-state index in [0.717, 1.165) is 0 Å². The second-order valence-corrected chi connectivity index (χ2v) is 12.9. The van der Waals surface area contributed by atoms with Gasteiger partial charge in [-0.05, 0) is 25.7 Å². The standard InChI is InChI=1S/C37H74N2/c1-4-7-10-13-16-18-19-20-21-23-26-29-32-37-38(33-30-27-24-15-12-9-6-3)35-36-39(37)34-31-28-25-22-17-14-11-8-5-2/h35-37H,4-34H2,1-3H3. The number of unbranched alkanes of at least 4 members (excludes halogenated alkanes) is 25. The van der Waals surface area contributed by atoms with Crippen molar-refractivity contribution < 1.29 is 0 Å². The van der Waals surface area contributed by atoms with Crippen LogP contribution in [0.3, 0.4) is 0 Å². The van der Waals surface area contributed by atoms with Crippen molar-refractivity contribution in [1.29, 1.82) is 0 Å². The summed E-state index contributed by atoms with van der Waals surface area (Å²) < 4.78 is 0. The van der Waals surface area contributed by atoms with Crippen molar-refractivity contribution in [2.24, 2.45) is 0 Å². The van der Waals surface area contributed by atoms with Crippen LogP contribution in [0.2, 0.25) is 0 Å². The van der Waals surface area contributed by atoms with Crippen molar-refractivity contribution in [3.05, 3.63) is 12.4 Å². The van der Waals surface area contributed by atoms with Gasteiger partial charge in [-0.15, -0.1) is 0 Å². The molecule has 0 spiro atoms. The van der Waals surface area contributed by atoms with E-state index in [1.807, 2.05) is 0 Å². The third kappa shape index (κ3) is 21.7. The summed E-state index contributed by atoms with van der Waals surface area (Å²) in [5, 5.41) is 0. The van der Waals surface area contributed by atoms with Gasteiger partial charge < -0.3 is 9.80 Å². The van der Waals surface area contributed by atoms with E-state index < -0.39 is 0 Å². The molecular weight excluding hydrogens is 472 g/mol. The van der Waals surface area contributed by atoms with Crippen molar-refractivity contribution in [1.82, 2.24) is 9.80 Å². The maximum Gasteiger partial charge on any atom is 0.101 e. The Bertz CT molecular complexity index is 502. The Hall–Kier alpha value is -0.660. The normalized spacial score (nSPS) is 15.2. The van der Waals surface area contributed by atoms with Gasteiger partial charge in [0.05, 0.1) is 0 Å². The van der Waals surface area contributed by atoms with Crippen LogP contribution in [-0.4, -0.2) is 29.1 Å². The van der Waals surface area contributed by atoms with E-state index in [2.05, 4.69) is 43.0 Å². The molecule has 1 aliphatic heterocycles. The molecule has 0 saturated carbocycles. The molecule has 232 valence electrons. The number of rotatable bonds is 31. The lowest BCUT2D eigenvalue weighted by Crippen LogP contribution is -2.39. The quantitative estimate of drug-likeness (QED) is 0.0798. The van der Waals surface area contributed by atoms with Gasteiger partial charge in [0.2, 0.25) is 0 Å². The van der Waals surface area contributed by atoms with Gasteiger partial charge in [0.1, 0.15) is 6.17 Å². The zero-order valence-electron chi connectivity index (χ0n) is 27.5. The lowest BCUT2D eigenvalue weighted by atomic mass is 10.0. The van der Waals surface area contributed by atoms with Gasteiger partial charge in [-0.2, -0.15) is 0 Å². The van der Waals surface area contributed by atoms with Crippen molar-refractivity contribution >= 4 is 0 Å². The molecular formula is C37H74N2. The number of nitrogens with zero attached hydrogens (tertiary/aromatic N) is 2. The molecule has 0 aromatic carbocycles. The molecule has 0 N–H and O–H groups in total. The largest absolute Gasteiger partial charge is 0.356 e. The number of hydrogen-bond donors (Lipinski definition) is 0. The fourth-order valence-electron chi connectivity index (χ4n) is 6.36. The van der Waals surface area contributed by atoms with E-state index in [4.69, 9.17) is 0 Å². The molecule has 2 heteroatoms. The van der Waals surface area contributed by atoms with Crippen LogP contribution in [0.25, 0.3) is 0 Å². The molecule has 0 radical (unpaired) electrons. The van der Waals surface area contributed by atoms with E-state index in [1.54, 1.807) is 0 Å². The zero-order valence-corrected chi connectivity index (χ0v) is 27.5. The van der Waals surface area contributed by atoms with E-state index in [0.29, 0.717) is 6.17 Å². The van der Waals surface area contributed by atoms with Crippen LogP contribution in [0.4, 0.5) is 0 Å². The highest BCUT2D eigenvalue weighted by Crippen LogP contribution is 2.24. The molecule has 0 saturated heterocycles. The fourth-order valence-corrected chi connectivity index (χ4v) is 6.36. The Morgan fingerprint density at radius 1 is 0.333 bits per heavy atom. The average molecular weight is 547 g/mol. The Morgan fingerprint density at radius 3 is 0.897 bits per heavy atom. The van der Waals surface area contributed by atoms with Gasteiger partial charge in [0.25, 0.3) is 0 Å². The summed E-state index contributed by atoms with van der Waals surface area (Å²) in [5.74, 6) is 0. The van der Waals surface area contributed by atoms with Crippen molar-refractivity contribution in [3.8, 4) is 0 Å². The molecule has 1 unspecified atom stereocenters. The lowest BCUT2D eigenvalue weighted by molar-refractivity contribution is 0.135. The maximum atomic E-state index is 2.71. The van der Waals surface area contributed by atoms with Crippen LogP contribution >= 0.6 is 0 Å². The SMILES string of the molecule is CCCCCCCCCCCCCCC1N(CCCCCCCCC)C=CN1CCCCCCCCCCC. The van der Waals surface area contributed by atoms with Gasteiger partial charge in [0.15, 0.2) is 0 Å². The van der Waals surface area contributed by atoms with Gasteiger partial charge in [-0.1, -0.05) is 181 Å². The molecule has 1 aliphatic rings. The maximum absolute atomic E-state index is 2.71. The monoisotopic (exact) mass is 547 g/mol. The molecule has 0 aromatic rings. The van der Waals surface area contributed by atoms with E-state index in [-0.39, 0.29) is 0 Å². The first-order chi connectivity index (χ1) is 19.3. The van der Waals surface area contributed by atoms with Crippen molar-refractivity contribution in [2.45, 2.75) is 213 Å². The van der Waals surface area contributed by atoms with Gasteiger partial charge in [-0.25, -0.2) is 0 Å². The predicted octanol–water partition coefficient (Wildman–Crippen LogP) is 12.8. The van der Waals surface area contributed by atoms with Crippen LogP contribution in [0.5, 0.6) is 0 Å². The van der Waals surface area contributed by atoms with Crippen LogP contribution in [0.1, 0.15) is 207 Å². The first kappa shape index (κ1) is 36.4. The Labute approximate surface area is 248 Å². The van der Waals surface area contributed by atoms with E-state index >= 15 is 0 Å². The summed E-state index contributed by atoms with van der Waals surface area (Å²) in [7, 11) is 0. The lowest BCUT2D eigenvalue weighted by Gasteiger charge is -2.33. The van der Waals surface area contributed by atoms with Crippen LogP contribution < -0.4 is 0 Å². The topological polar surface area (TPSA) is 6.48 Å². The van der Waals surface area contributed by atoms with Crippen molar-refractivity contribution in [3.63, 3.8) is 0 Å². The van der Waals surface area contributed by atoms with Gasteiger partial charge >= 0.3 is 0 Å². The minimum atomic E-state index is 0.641. The third-order valence-electron chi connectivity index (χ3n) is 9.07. The Kier molecular flexibility index (Phi) is 26.9. The van der Waals surface area contributed by atoms with E-state index in [9.17, 15) is 0 Å². The second kappa shape index (κ2) is 28.9. The van der Waals surface area contributed by atoms with Crippen LogP contribution in [0.15, 0.2) is 12.4 Å². The summed E-state index contributed by atoms with van der Waals surface area (Å²) >= 11 is 0. The summed E-state index contributed by atoms with van der Waals surface area (Å²) in [6, 6.07) is 0. The summed E-state index contributed by atoms with van der Waals surface area (Å²) in [4.78, 5) is 5.42. The molecule has 0 bridgehead atoms. The first-order valence-electron chi connectivity index (χ1n) is 18.5. The summed E-state index contributed by atoms with van der Waals surface area (Å²) in [6.07, 6.45) is 46.9.